The van der Waals surface area contributed by atoms with Crippen molar-refractivity contribution < 1.29 is 4.79 Å². The minimum Gasteiger partial charge on any atom is -0.399 e. The standard InChI is InChI=1S/C13H15N3O/c1-10(8-14)9-16-13(17)6-5-11-3-2-4-12(15)7-11/h2-7,10H,9,15H2,1H3,(H,16,17)/b6-5+. The van der Waals surface area contributed by atoms with Gasteiger partial charge in [0.15, 0.2) is 0 Å². The van der Waals surface area contributed by atoms with Crippen LogP contribution in [-0.4, -0.2) is 12.5 Å². The lowest BCUT2D eigenvalue weighted by Gasteiger charge is -2.02. The Balaban J connectivity index is 2.49. The second-order valence-corrected chi connectivity index (χ2v) is 3.78. The summed E-state index contributed by atoms with van der Waals surface area (Å²) in [6.45, 7) is 2.11. The van der Waals surface area contributed by atoms with Crippen LogP contribution in [0.1, 0.15) is 12.5 Å². The summed E-state index contributed by atoms with van der Waals surface area (Å²) in [4.78, 5) is 11.4. The molecular weight excluding hydrogens is 214 g/mol. The first-order valence-electron chi connectivity index (χ1n) is 5.33. The van der Waals surface area contributed by atoms with E-state index in [0.717, 1.165) is 5.56 Å². The number of nitrogens with one attached hydrogen (secondary N) is 1. The molecule has 4 heteroatoms. The maximum absolute atomic E-state index is 11.4. The van der Waals surface area contributed by atoms with Crippen molar-refractivity contribution in [3.8, 4) is 6.07 Å². The number of carbonyl (C=O) groups is 1. The molecular formula is C13H15N3O. The first-order valence-corrected chi connectivity index (χ1v) is 5.33. The lowest BCUT2D eigenvalue weighted by molar-refractivity contribution is -0.116. The molecule has 1 aromatic carbocycles. The van der Waals surface area contributed by atoms with E-state index in [0.29, 0.717) is 12.2 Å². The fourth-order valence-corrected chi connectivity index (χ4v) is 1.19. The third kappa shape index (κ3) is 4.85. The van der Waals surface area contributed by atoms with Crippen LogP contribution in [0.5, 0.6) is 0 Å². The maximum Gasteiger partial charge on any atom is 0.244 e. The first-order chi connectivity index (χ1) is 8.11. The second kappa shape index (κ2) is 6.33. The minimum absolute atomic E-state index is 0.181. The van der Waals surface area contributed by atoms with Crippen LogP contribution in [0.3, 0.4) is 0 Å². The summed E-state index contributed by atoms with van der Waals surface area (Å²) in [5.74, 6) is -0.394. The van der Waals surface area contributed by atoms with Crippen LogP contribution < -0.4 is 11.1 Å². The highest BCUT2D eigenvalue weighted by Gasteiger charge is 2.00. The summed E-state index contributed by atoms with van der Waals surface area (Å²) >= 11 is 0. The molecule has 1 rings (SSSR count). The number of anilines is 1. The third-order valence-electron chi connectivity index (χ3n) is 2.14. The van der Waals surface area contributed by atoms with Crippen LogP contribution in [0.15, 0.2) is 30.3 Å². The largest absolute Gasteiger partial charge is 0.399 e. The molecule has 0 fully saturated rings. The van der Waals surface area contributed by atoms with Crippen LogP contribution in [-0.2, 0) is 4.79 Å². The van der Waals surface area contributed by atoms with Crippen LogP contribution in [0.25, 0.3) is 6.08 Å². The molecule has 3 N–H and O–H groups in total. The van der Waals surface area contributed by atoms with Gasteiger partial charge in [0, 0.05) is 18.3 Å². The van der Waals surface area contributed by atoms with E-state index >= 15 is 0 Å². The summed E-state index contributed by atoms with van der Waals surface area (Å²) in [5, 5.41) is 11.2. The topological polar surface area (TPSA) is 78.9 Å². The zero-order valence-corrected chi connectivity index (χ0v) is 9.68. The van der Waals surface area contributed by atoms with E-state index in [1.165, 1.54) is 6.08 Å². The number of nitriles is 1. The second-order valence-electron chi connectivity index (χ2n) is 3.78. The summed E-state index contributed by atoms with van der Waals surface area (Å²) in [5.41, 5.74) is 7.14. The van der Waals surface area contributed by atoms with Crippen LogP contribution in [0, 0.1) is 17.2 Å². The van der Waals surface area contributed by atoms with Crippen molar-refractivity contribution in [1.82, 2.24) is 5.32 Å². The Bertz CT molecular complexity index is 460. The SMILES string of the molecule is CC(C#N)CNC(=O)/C=C/c1cccc(N)c1. The molecule has 0 heterocycles. The van der Waals surface area contributed by atoms with Gasteiger partial charge in [-0.1, -0.05) is 12.1 Å². The number of nitrogens with zero attached hydrogens (tertiary/aromatic N) is 1. The highest BCUT2D eigenvalue weighted by atomic mass is 16.1. The molecule has 88 valence electrons. The predicted molar refractivity (Wildman–Crippen MR) is 67.7 cm³/mol. The Morgan fingerprint density at radius 1 is 1.65 bits per heavy atom. The maximum atomic E-state index is 11.4. The molecule has 1 unspecified atom stereocenters. The van der Waals surface area contributed by atoms with Crippen LogP contribution >= 0.6 is 0 Å². The highest BCUT2D eigenvalue weighted by Crippen LogP contribution is 2.07. The Morgan fingerprint density at radius 3 is 3.06 bits per heavy atom. The van der Waals surface area contributed by atoms with Gasteiger partial charge >= 0.3 is 0 Å². The number of hydrogen-bond acceptors (Lipinski definition) is 3. The van der Waals surface area contributed by atoms with Gasteiger partial charge in [-0.25, -0.2) is 0 Å². The quantitative estimate of drug-likeness (QED) is 0.607. The minimum atomic E-state index is -0.213. The van der Waals surface area contributed by atoms with E-state index in [9.17, 15) is 4.79 Å². The smallest absolute Gasteiger partial charge is 0.244 e. The van der Waals surface area contributed by atoms with Gasteiger partial charge in [0.05, 0.1) is 12.0 Å². The molecule has 0 aliphatic carbocycles. The zero-order valence-electron chi connectivity index (χ0n) is 9.68. The average Bonchev–Trinajstić information content (AvgIpc) is 2.33. The molecule has 0 saturated carbocycles. The van der Waals surface area contributed by atoms with Crippen molar-refractivity contribution in [3.05, 3.63) is 35.9 Å². The van der Waals surface area contributed by atoms with E-state index in [1.807, 2.05) is 18.2 Å². The van der Waals surface area contributed by atoms with Gasteiger partial charge in [0.25, 0.3) is 0 Å². The predicted octanol–water partition coefficient (Wildman–Crippen LogP) is 1.56. The molecule has 0 spiro atoms. The molecule has 1 atom stereocenters. The number of rotatable bonds is 4. The van der Waals surface area contributed by atoms with Gasteiger partial charge in [-0.15, -0.1) is 0 Å². The van der Waals surface area contributed by atoms with Crippen molar-refractivity contribution in [1.29, 1.82) is 5.26 Å². The molecule has 0 aliphatic rings. The lowest BCUT2D eigenvalue weighted by atomic mass is 10.2. The molecule has 0 bridgehead atoms. The van der Waals surface area contributed by atoms with Crippen LogP contribution in [0.4, 0.5) is 5.69 Å². The normalized spacial score (nSPS) is 12.0. The molecule has 0 saturated heterocycles. The summed E-state index contributed by atoms with van der Waals surface area (Å²) in [6.07, 6.45) is 3.11. The molecule has 0 aliphatic heterocycles. The molecule has 1 aromatic rings. The number of amides is 1. The van der Waals surface area contributed by atoms with E-state index < -0.39 is 0 Å². The summed E-state index contributed by atoms with van der Waals surface area (Å²) in [6, 6.07) is 9.29. The zero-order chi connectivity index (χ0) is 12.7. The van der Waals surface area contributed by atoms with Crippen molar-refractivity contribution in [2.75, 3.05) is 12.3 Å². The Kier molecular flexibility index (Phi) is 4.77. The van der Waals surface area contributed by atoms with Gasteiger partial charge in [-0.2, -0.15) is 5.26 Å². The first kappa shape index (κ1) is 12.8. The third-order valence-corrected chi connectivity index (χ3v) is 2.14. The number of carbonyl (C=O) groups excluding carboxylic acids is 1. The van der Waals surface area contributed by atoms with Gasteiger partial charge in [0.1, 0.15) is 0 Å². The number of hydrogen-bond donors (Lipinski definition) is 2. The monoisotopic (exact) mass is 229 g/mol. The highest BCUT2D eigenvalue weighted by molar-refractivity contribution is 5.91. The Labute approximate surface area is 101 Å². The van der Waals surface area contributed by atoms with E-state index in [4.69, 9.17) is 11.0 Å². The molecule has 17 heavy (non-hydrogen) atoms. The number of benzene rings is 1. The molecule has 0 aromatic heterocycles. The summed E-state index contributed by atoms with van der Waals surface area (Å²) in [7, 11) is 0. The Hall–Kier alpha value is -2.28. The van der Waals surface area contributed by atoms with E-state index in [-0.39, 0.29) is 11.8 Å². The van der Waals surface area contributed by atoms with Gasteiger partial charge in [0.2, 0.25) is 5.91 Å². The van der Waals surface area contributed by atoms with Crippen molar-refractivity contribution in [2.24, 2.45) is 5.92 Å². The molecule has 1 amide bonds. The van der Waals surface area contributed by atoms with Crippen molar-refractivity contribution >= 4 is 17.7 Å². The lowest BCUT2D eigenvalue weighted by Crippen LogP contribution is -2.25. The van der Waals surface area contributed by atoms with Gasteiger partial charge in [-0.3, -0.25) is 4.79 Å². The Morgan fingerprint density at radius 2 is 2.41 bits per heavy atom. The van der Waals surface area contributed by atoms with E-state index in [2.05, 4.69) is 5.32 Å². The number of nitrogen functional groups attached to an aromatic ring is 1. The van der Waals surface area contributed by atoms with Crippen molar-refractivity contribution in [3.63, 3.8) is 0 Å². The van der Waals surface area contributed by atoms with Gasteiger partial charge < -0.3 is 11.1 Å². The summed E-state index contributed by atoms with van der Waals surface area (Å²) < 4.78 is 0. The average molecular weight is 229 g/mol. The fourth-order valence-electron chi connectivity index (χ4n) is 1.19. The van der Waals surface area contributed by atoms with E-state index in [1.54, 1.807) is 25.1 Å². The fraction of sp³-hybridized carbons (Fsp3) is 0.231. The molecule has 4 nitrogen and oxygen atoms in total. The van der Waals surface area contributed by atoms with Crippen molar-refractivity contribution in [2.45, 2.75) is 6.92 Å². The number of nitrogens with two attached hydrogens (primary N) is 1. The van der Waals surface area contributed by atoms with Crippen LogP contribution in [0.2, 0.25) is 0 Å². The van der Waals surface area contributed by atoms with Gasteiger partial charge in [-0.05, 0) is 30.7 Å². The molecule has 0 radical (unpaired) electrons.